The summed E-state index contributed by atoms with van der Waals surface area (Å²) in [6.07, 6.45) is 5.05. The Bertz CT molecular complexity index is 994. The Morgan fingerprint density at radius 3 is 2.63 bits per heavy atom. The topological polar surface area (TPSA) is 89.8 Å². The fourth-order valence-electron chi connectivity index (χ4n) is 3.66. The molecule has 2 heterocycles. The van der Waals surface area contributed by atoms with Crippen LogP contribution in [0.3, 0.4) is 0 Å². The zero-order chi connectivity index (χ0) is 18.6. The maximum atomic E-state index is 12.6. The monoisotopic (exact) mass is 363 g/mol. The van der Waals surface area contributed by atoms with Crippen LogP contribution in [-0.2, 0) is 11.3 Å². The summed E-state index contributed by atoms with van der Waals surface area (Å²) in [5, 5.41) is 11.7. The van der Waals surface area contributed by atoms with Gasteiger partial charge < -0.3 is 5.32 Å². The van der Waals surface area contributed by atoms with E-state index in [9.17, 15) is 9.59 Å². The van der Waals surface area contributed by atoms with Crippen molar-refractivity contribution >= 4 is 22.6 Å². The molecule has 0 saturated heterocycles. The minimum absolute atomic E-state index is 0.0114. The van der Waals surface area contributed by atoms with Crippen molar-refractivity contribution in [3.63, 3.8) is 0 Å². The predicted octanol–water partition coefficient (Wildman–Crippen LogP) is 2.63. The van der Waals surface area contributed by atoms with Crippen molar-refractivity contribution < 1.29 is 4.79 Å². The van der Waals surface area contributed by atoms with Crippen molar-refractivity contribution in [2.75, 3.05) is 5.32 Å². The molecule has 3 aromatic rings. The van der Waals surface area contributed by atoms with E-state index in [0.717, 1.165) is 25.7 Å². The molecule has 1 amide bonds. The first kappa shape index (κ1) is 17.3. The first-order valence-corrected chi connectivity index (χ1v) is 9.25. The molecule has 27 heavy (non-hydrogen) atoms. The molecule has 4 rings (SSSR count). The highest BCUT2D eigenvalue weighted by molar-refractivity contribution is 5.91. The van der Waals surface area contributed by atoms with Gasteiger partial charge in [0, 0.05) is 18.7 Å². The van der Waals surface area contributed by atoms with E-state index in [2.05, 4.69) is 20.6 Å². The second-order valence-corrected chi connectivity index (χ2v) is 7.02. The van der Waals surface area contributed by atoms with E-state index in [1.165, 1.54) is 4.68 Å². The number of pyridine rings is 1. The smallest absolute Gasteiger partial charge is 0.277 e. The third-order valence-corrected chi connectivity index (χ3v) is 5.19. The van der Waals surface area contributed by atoms with E-state index in [4.69, 9.17) is 0 Å². The Morgan fingerprint density at radius 1 is 1.07 bits per heavy atom. The summed E-state index contributed by atoms with van der Waals surface area (Å²) in [5.74, 6) is 0.928. The van der Waals surface area contributed by atoms with Gasteiger partial charge in [0.05, 0.1) is 5.39 Å². The Balaban J connectivity index is 1.36. The van der Waals surface area contributed by atoms with E-state index in [1.54, 1.807) is 24.4 Å². The largest absolute Gasteiger partial charge is 0.310 e. The quantitative estimate of drug-likeness (QED) is 0.770. The van der Waals surface area contributed by atoms with Crippen molar-refractivity contribution in [3.8, 4) is 0 Å². The molecule has 0 radical (unpaired) electrons. The molecular weight excluding hydrogens is 342 g/mol. The van der Waals surface area contributed by atoms with Crippen LogP contribution in [0.4, 0.5) is 5.82 Å². The highest BCUT2D eigenvalue weighted by Gasteiger charge is 2.27. The molecule has 1 N–H and O–H groups in total. The van der Waals surface area contributed by atoms with Crippen LogP contribution in [0.5, 0.6) is 0 Å². The highest BCUT2D eigenvalue weighted by Crippen LogP contribution is 2.30. The van der Waals surface area contributed by atoms with Crippen molar-refractivity contribution in [2.45, 2.75) is 32.2 Å². The number of carbonyl (C=O) groups is 1. The molecule has 1 aliphatic carbocycles. The van der Waals surface area contributed by atoms with Gasteiger partial charge in [-0.1, -0.05) is 23.4 Å². The minimum Gasteiger partial charge on any atom is -0.310 e. The Labute approximate surface area is 156 Å². The number of hydrogen-bond donors (Lipinski definition) is 1. The van der Waals surface area contributed by atoms with Gasteiger partial charge in [-0.15, -0.1) is 5.10 Å². The van der Waals surface area contributed by atoms with Gasteiger partial charge in [0.2, 0.25) is 5.91 Å². The molecule has 7 heteroatoms. The maximum Gasteiger partial charge on any atom is 0.277 e. The summed E-state index contributed by atoms with van der Waals surface area (Å²) in [7, 11) is 0. The third-order valence-electron chi connectivity index (χ3n) is 5.19. The average molecular weight is 363 g/mol. The summed E-state index contributed by atoms with van der Waals surface area (Å²) in [6, 6.07) is 12.7. The summed E-state index contributed by atoms with van der Waals surface area (Å²) in [5.41, 5.74) is 0.518. The third kappa shape index (κ3) is 3.86. The van der Waals surface area contributed by atoms with Crippen LogP contribution in [0.1, 0.15) is 25.7 Å². The number of amides is 1. The number of nitrogens with one attached hydrogen (secondary N) is 1. The zero-order valence-electron chi connectivity index (χ0n) is 14.9. The molecule has 1 saturated carbocycles. The number of carbonyl (C=O) groups excluding carboxylic acids is 1. The summed E-state index contributed by atoms with van der Waals surface area (Å²) < 4.78 is 1.46. The summed E-state index contributed by atoms with van der Waals surface area (Å²) >= 11 is 0. The summed E-state index contributed by atoms with van der Waals surface area (Å²) in [4.78, 5) is 29.1. The normalized spacial score (nSPS) is 19.7. The Morgan fingerprint density at radius 2 is 1.85 bits per heavy atom. The van der Waals surface area contributed by atoms with Gasteiger partial charge in [0.25, 0.3) is 5.56 Å². The van der Waals surface area contributed by atoms with Gasteiger partial charge in [-0.3, -0.25) is 9.59 Å². The van der Waals surface area contributed by atoms with Crippen LogP contribution in [0.25, 0.3) is 10.9 Å². The second kappa shape index (κ2) is 7.65. The highest BCUT2D eigenvalue weighted by atomic mass is 16.2. The number of hydrogen-bond acceptors (Lipinski definition) is 5. The number of anilines is 1. The van der Waals surface area contributed by atoms with Crippen LogP contribution in [0, 0.1) is 11.8 Å². The molecule has 0 atom stereocenters. The van der Waals surface area contributed by atoms with Crippen LogP contribution in [-0.4, -0.2) is 25.9 Å². The van der Waals surface area contributed by atoms with Crippen molar-refractivity contribution in [3.05, 3.63) is 59.0 Å². The van der Waals surface area contributed by atoms with E-state index < -0.39 is 0 Å². The minimum atomic E-state index is -0.101. The van der Waals surface area contributed by atoms with E-state index in [1.807, 2.05) is 24.3 Å². The standard InChI is InChI=1S/C20H21N5O2/c26-19(22-18-7-3-4-12-21-18)15-10-8-14(9-11-15)13-25-20(27)16-5-1-2-6-17(16)23-24-25/h1-7,12,14-15H,8-11,13H2,(H,21,22,26). The molecule has 0 bridgehead atoms. The van der Waals surface area contributed by atoms with Gasteiger partial charge >= 0.3 is 0 Å². The fraction of sp³-hybridized carbons (Fsp3) is 0.350. The van der Waals surface area contributed by atoms with Crippen LogP contribution < -0.4 is 10.9 Å². The van der Waals surface area contributed by atoms with E-state index in [-0.39, 0.29) is 17.4 Å². The number of nitrogens with zero attached hydrogens (tertiary/aromatic N) is 4. The van der Waals surface area contributed by atoms with Crippen LogP contribution >= 0.6 is 0 Å². The molecular formula is C20H21N5O2. The van der Waals surface area contributed by atoms with Crippen LogP contribution in [0.15, 0.2) is 53.5 Å². The Hall–Kier alpha value is -3.09. The van der Waals surface area contributed by atoms with Gasteiger partial charge in [0.1, 0.15) is 11.3 Å². The molecule has 138 valence electrons. The van der Waals surface area contributed by atoms with Crippen molar-refractivity contribution in [1.82, 2.24) is 20.0 Å². The van der Waals surface area contributed by atoms with Gasteiger partial charge in [0.15, 0.2) is 0 Å². The van der Waals surface area contributed by atoms with Gasteiger partial charge in [-0.25, -0.2) is 9.67 Å². The second-order valence-electron chi connectivity index (χ2n) is 7.02. The first-order chi connectivity index (χ1) is 13.2. The molecule has 0 unspecified atom stereocenters. The maximum absolute atomic E-state index is 12.6. The Kier molecular flexibility index (Phi) is 4.91. The lowest BCUT2D eigenvalue weighted by Gasteiger charge is -2.27. The summed E-state index contributed by atoms with van der Waals surface area (Å²) in [6.45, 7) is 0.547. The van der Waals surface area contributed by atoms with Crippen LogP contribution in [0.2, 0.25) is 0 Å². The zero-order valence-corrected chi connectivity index (χ0v) is 14.9. The van der Waals surface area contributed by atoms with Gasteiger partial charge in [-0.2, -0.15) is 0 Å². The lowest BCUT2D eigenvalue weighted by molar-refractivity contribution is -0.121. The molecule has 1 fully saturated rings. The molecule has 0 aliphatic heterocycles. The fourth-order valence-corrected chi connectivity index (χ4v) is 3.66. The first-order valence-electron chi connectivity index (χ1n) is 9.25. The number of benzene rings is 1. The molecule has 1 aliphatic rings. The lowest BCUT2D eigenvalue weighted by Crippen LogP contribution is -2.32. The molecule has 2 aromatic heterocycles. The SMILES string of the molecule is O=C(Nc1ccccn1)C1CCC(Cn2nnc3ccccc3c2=O)CC1. The predicted molar refractivity (Wildman–Crippen MR) is 102 cm³/mol. The molecule has 1 aromatic carbocycles. The van der Waals surface area contributed by atoms with Gasteiger partial charge in [-0.05, 0) is 55.9 Å². The number of fused-ring (bicyclic) bond motifs is 1. The van der Waals surface area contributed by atoms with E-state index >= 15 is 0 Å². The van der Waals surface area contributed by atoms with E-state index in [0.29, 0.717) is 29.2 Å². The van der Waals surface area contributed by atoms with Crippen molar-refractivity contribution in [1.29, 1.82) is 0 Å². The lowest BCUT2D eigenvalue weighted by atomic mass is 9.81. The molecule has 7 nitrogen and oxygen atoms in total. The number of rotatable bonds is 4. The molecule has 0 spiro atoms. The van der Waals surface area contributed by atoms with Crippen molar-refractivity contribution in [2.24, 2.45) is 11.8 Å². The average Bonchev–Trinajstić information content (AvgIpc) is 2.71. The number of aromatic nitrogens is 4.